The summed E-state index contributed by atoms with van der Waals surface area (Å²) in [5.74, 6) is 1.16. The lowest BCUT2D eigenvalue weighted by Crippen LogP contribution is -2.33. The highest BCUT2D eigenvalue weighted by molar-refractivity contribution is 4.84. The molecule has 0 N–H and O–H groups in total. The molecule has 0 heterocycles. The van der Waals surface area contributed by atoms with Crippen LogP contribution in [0.2, 0.25) is 0 Å². The van der Waals surface area contributed by atoms with E-state index in [0.717, 1.165) is 31.6 Å². The third-order valence-corrected chi connectivity index (χ3v) is 4.43. The van der Waals surface area contributed by atoms with Crippen LogP contribution in [0.1, 0.15) is 65.7 Å². The lowest BCUT2D eigenvalue weighted by atomic mass is 9.72. The maximum atomic E-state index is 14.2. The van der Waals surface area contributed by atoms with Crippen LogP contribution in [0.4, 0.5) is 8.78 Å². The summed E-state index contributed by atoms with van der Waals surface area (Å²) < 4.78 is 27.7. The highest BCUT2D eigenvalue weighted by atomic mass is 19.2. The zero-order chi connectivity index (χ0) is 12.8. The van der Waals surface area contributed by atoms with Gasteiger partial charge in [-0.05, 0) is 43.4 Å². The molecular formula is C15H28F2. The number of halogens is 2. The van der Waals surface area contributed by atoms with E-state index in [1.54, 1.807) is 6.92 Å². The molecule has 0 aromatic carbocycles. The van der Waals surface area contributed by atoms with Gasteiger partial charge in [0, 0.05) is 0 Å². The normalized spacial score (nSPS) is 30.9. The maximum absolute atomic E-state index is 14.2. The van der Waals surface area contributed by atoms with Crippen molar-refractivity contribution in [1.29, 1.82) is 0 Å². The predicted molar refractivity (Wildman–Crippen MR) is 69.6 cm³/mol. The Bertz CT molecular complexity index is 197. The van der Waals surface area contributed by atoms with Gasteiger partial charge in [0.1, 0.15) is 12.3 Å². The van der Waals surface area contributed by atoms with Crippen LogP contribution in [0.25, 0.3) is 0 Å². The van der Waals surface area contributed by atoms with Crippen molar-refractivity contribution >= 4 is 0 Å². The molecule has 0 aromatic rings. The first-order valence-corrected chi connectivity index (χ1v) is 7.38. The summed E-state index contributed by atoms with van der Waals surface area (Å²) in [6.07, 6.45) is 4.22. The molecule has 1 fully saturated rings. The van der Waals surface area contributed by atoms with E-state index in [9.17, 15) is 8.78 Å². The first kappa shape index (κ1) is 14.9. The van der Waals surface area contributed by atoms with E-state index < -0.39 is 12.3 Å². The van der Waals surface area contributed by atoms with E-state index in [2.05, 4.69) is 13.8 Å². The summed E-state index contributed by atoms with van der Waals surface area (Å²) in [6, 6.07) is 0. The van der Waals surface area contributed by atoms with Crippen molar-refractivity contribution in [1.82, 2.24) is 0 Å². The molecule has 1 aliphatic rings. The summed E-state index contributed by atoms with van der Waals surface area (Å²) in [7, 11) is 0. The number of hydrogen-bond acceptors (Lipinski definition) is 0. The first-order valence-electron chi connectivity index (χ1n) is 7.38. The molecule has 0 spiro atoms. The molecule has 1 aliphatic carbocycles. The van der Waals surface area contributed by atoms with Gasteiger partial charge in [0.15, 0.2) is 0 Å². The van der Waals surface area contributed by atoms with Crippen molar-refractivity contribution in [2.45, 2.75) is 78.1 Å². The Labute approximate surface area is 105 Å². The lowest BCUT2D eigenvalue weighted by Gasteiger charge is -2.35. The van der Waals surface area contributed by atoms with Gasteiger partial charge in [0.2, 0.25) is 0 Å². The zero-order valence-corrected chi connectivity index (χ0v) is 11.6. The molecule has 0 saturated heterocycles. The van der Waals surface area contributed by atoms with Crippen molar-refractivity contribution in [2.75, 3.05) is 0 Å². The molecule has 3 atom stereocenters. The van der Waals surface area contributed by atoms with Gasteiger partial charge in [-0.3, -0.25) is 0 Å². The Morgan fingerprint density at radius 1 is 1.06 bits per heavy atom. The van der Waals surface area contributed by atoms with Gasteiger partial charge in [0.05, 0.1) is 0 Å². The summed E-state index contributed by atoms with van der Waals surface area (Å²) in [6.45, 7) is 6.08. The van der Waals surface area contributed by atoms with Gasteiger partial charge < -0.3 is 0 Å². The molecule has 3 unspecified atom stereocenters. The van der Waals surface area contributed by atoms with Gasteiger partial charge >= 0.3 is 0 Å². The predicted octanol–water partition coefficient (Wildman–Crippen LogP) is 5.32. The lowest BCUT2D eigenvalue weighted by molar-refractivity contribution is 0.0512. The van der Waals surface area contributed by atoms with Crippen LogP contribution >= 0.6 is 0 Å². The Balaban J connectivity index is 2.58. The molecule has 0 aromatic heterocycles. The third kappa shape index (κ3) is 4.22. The molecule has 0 radical (unpaired) electrons. The molecule has 0 bridgehead atoms. The van der Waals surface area contributed by atoms with Crippen LogP contribution in [0.15, 0.2) is 0 Å². The Morgan fingerprint density at radius 3 is 2.12 bits per heavy atom. The highest BCUT2D eigenvalue weighted by Gasteiger charge is 2.35. The summed E-state index contributed by atoms with van der Waals surface area (Å²) >= 11 is 0. The second-order valence-electron chi connectivity index (χ2n) is 5.84. The van der Waals surface area contributed by atoms with Crippen LogP contribution in [0, 0.1) is 17.8 Å². The van der Waals surface area contributed by atoms with Crippen molar-refractivity contribution in [3.8, 4) is 0 Å². The zero-order valence-electron chi connectivity index (χ0n) is 11.6. The molecule has 0 nitrogen and oxygen atoms in total. The van der Waals surface area contributed by atoms with Gasteiger partial charge in [0.25, 0.3) is 0 Å². The first-order chi connectivity index (χ1) is 8.10. The van der Waals surface area contributed by atoms with Crippen LogP contribution in [-0.4, -0.2) is 12.3 Å². The van der Waals surface area contributed by atoms with E-state index in [4.69, 9.17) is 0 Å². The minimum atomic E-state index is -1.26. The molecule has 1 rings (SSSR count). The van der Waals surface area contributed by atoms with Gasteiger partial charge in [-0.2, -0.15) is 0 Å². The fraction of sp³-hybridized carbons (Fsp3) is 1.00. The summed E-state index contributed by atoms with van der Waals surface area (Å²) in [5, 5.41) is 0. The van der Waals surface area contributed by atoms with Gasteiger partial charge in [-0.15, -0.1) is 0 Å². The van der Waals surface area contributed by atoms with E-state index in [1.807, 2.05) is 0 Å². The second-order valence-corrected chi connectivity index (χ2v) is 5.84. The van der Waals surface area contributed by atoms with Crippen LogP contribution < -0.4 is 0 Å². The maximum Gasteiger partial charge on any atom is 0.134 e. The highest BCUT2D eigenvalue weighted by Crippen LogP contribution is 2.39. The van der Waals surface area contributed by atoms with Gasteiger partial charge in [-0.25, -0.2) is 8.78 Å². The minimum Gasteiger partial charge on any atom is -0.244 e. The van der Waals surface area contributed by atoms with Crippen LogP contribution in [0.5, 0.6) is 0 Å². The molecule has 0 amide bonds. The molecule has 17 heavy (non-hydrogen) atoms. The fourth-order valence-electron chi connectivity index (χ4n) is 3.20. The van der Waals surface area contributed by atoms with Crippen molar-refractivity contribution in [2.24, 2.45) is 17.8 Å². The average Bonchev–Trinajstić information content (AvgIpc) is 2.35. The molecule has 1 saturated carbocycles. The quantitative estimate of drug-likeness (QED) is 0.595. The molecule has 0 aliphatic heterocycles. The van der Waals surface area contributed by atoms with Crippen molar-refractivity contribution in [3.63, 3.8) is 0 Å². The van der Waals surface area contributed by atoms with Crippen LogP contribution in [0.3, 0.4) is 0 Å². The smallest absolute Gasteiger partial charge is 0.134 e. The van der Waals surface area contributed by atoms with E-state index >= 15 is 0 Å². The largest absolute Gasteiger partial charge is 0.244 e. The Morgan fingerprint density at radius 2 is 1.65 bits per heavy atom. The number of rotatable bonds is 6. The molecule has 2 heteroatoms. The topological polar surface area (TPSA) is 0 Å². The molecule has 102 valence electrons. The van der Waals surface area contributed by atoms with E-state index in [1.165, 1.54) is 12.8 Å². The number of alkyl halides is 2. The second kappa shape index (κ2) is 7.33. The average molecular weight is 246 g/mol. The minimum absolute atomic E-state index is 0.0394. The monoisotopic (exact) mass is 246 g/mol. The van der Waals surface area contributed by atoms with E-state index in [-0.39, 0.29) is 5.92 Å². The van der Waals surface area contributed by atoms with E-state index in [0.29, 0.717) is 12.3 Å². The Kier molecular flexibility index (Phi) is 6.43. The SMILES string of the molecule is CCCC(C1CCC(C)CC1)C(F)C(F)CC. The standard InChI is InChI=1S/C15H28F2/c1-4-6-13(15(17)14(16)5-2)12-9-7-11(3)8-10-12/h11-15H,4-10H2,1-3H3. The van der Waals surface area contributed by atoms with Crippen molar-refractivity contribution in [3.05, 3.63) is 0 Å². The number of hydrogen-bond donors (Lipinski definition) is 0. The Hall–Kier alpha value is -0.140. The van der Waals surface area contributed by atoms with Gasteiger partial charge in [-0.1, -0.05) is 40.0 Å². The molecular weight excluding hydrogens is 218 g/mol. The summed E-state index contributed by atoms with van der Waals surface area (Å²) in [4.78, 5) is 0. The fourth-order valence-corrected chi connectivity index (χ4v) is 3.20. The third-order valence-electron chi connectivity index (χ3n) is 4.43. The summed E-state index contributed by atoms with van der Waals surface area (Å²) in [5.41, 5.74) is 0. The van der Waals surface area contributed by atoms with Crippen molar-refractivity contribution < 1.29 is 8.78 Å². The van der Waals surface area contributed by atoms with Crippen LogP contribution in [-0.2, 0) is 0 Å².